The molecule has 1 aliphatic rings. The molecule has 0 fully saturated rings. The number of hydrogen-bond acceptors (Lipinski definition) is 3. The molecule has 1 aromatic carbocycles. The minimum atomic E-state index is -1.29. The lowest BCUT2D eigenvalue weighted by molar-refractivity contribution is -0.131. The van der Waals surface area contributed by atoms with E-state index in [1.807, 2.05) is 0 Å². The summed E-state index contributed by atoms with van der Waals surface area (Å²) in [6.07, 6.45) is 0.657. The second kappa shape index (κ2) is 3.16. The third-order valence-electron chi connectivity index (χ3n) is 2.17. The number of benzene rings is 1. The molecule has 0 amide bonds. The molecule has 0 atom stereocenters. The van der Waals surface area contributed by atoms with Crippen molar-refractivity contribution in [3.05, 3.63) is 47.0 Å². The summed E-state index contributed by atoms with van der Waals surface area (Å²) in [7, 11) is 0. The topological polar surface area (TPSA) is 71.4 Å². The predicted molar refractivity (Wildman–Crippen MR) is 50.8 cm³/mol. The van der Waals surface area contributed by atoms with Gasteiger partial charge >= 0.3 is 5.97 Å². The van der Waals surface area contributed by atoms with Gasteiger partial charge < -0.3 is 5.11 Å². The Hall–Kier alpha value is -2.23. The first-order chi connectivity index (χ1) is 7.11. The molecular weight excluding hydrogens is 196 g/mol. The third kappa shape index (κ3) is 1.36. The fourth-order valence-corrected chi connectivity index (χ4v) is 1.53. The lowest BCUT2D eigenvalue weighted by atomic mass is 10.1. The van der Waals surface area contributed by atoms with Crippen molar-refractivity contribution >= 4 is 17.5 Å². The molecule has 74 valence electrons. The van der Waals surface area contributed by atoms with E-state index in [1.165, 1.54) is 12.1 Å². The number of carbonyl (C=O) groups excluding carboxylic acids is 2. The van der Waals surface area contributed by atoms with Gasteiger partial charge in [0.15, 0.2) is 11.6 Å². The van der Waals surface area contributed by atoms with Gasteiger partial charge in [0.1, 0.15) is 0 Å². The van der Waals surface area contributed by atoms with Crippen molar-refractivity contribution in [1.82, 2.24) is 0 Å². The Morgan fingerprint density at radius 3 is 1.93 bits per heavy atom. The van der Waals surface area contributed by atoms with Gasteiger partial charge in [-0.05, 0) is 0 Å². The maximum atomic E-state index is 11.6. The van der Waals surface area contributed by atoms with Gasteiger partial charge in [-0.3, -0.25) is 9.59 Å². The molecule has 1 N–H and O–H groups in total. The first-order valence-corrected chi connectivity index (χ1v) is 4.24. The summed E-state index contributed by atoms with van der Waals surface area (Å²) in [5.41, 5.74) is 0.272. The summed E-state index contributed by atoms with van der Waals surface area (Å²) < 4.78 is 0. The van der Waals surface area contributed by atoms with Crippen LogP contribution < -0.4 is 0 Å². The van der Waals surface area contributed by atoms with Crippen LogP contribution in [0.25, 0.3) is 0 Å². The molecular formula is C11H6O4. The average molecular weight is 202 g/mol. The van der Waals surface area contributed by atoms with Crippen LogP contribution in [0.2, 0.25) is 0 Å². The number of carboxylic acids is 1. The maximum Gasteiger partial charge on any atom is 0.329 e. The van der Waals surface area contributed by atoms with E-state index >= 15 is 0 Å². The van der Waals surface area contributed by atoms with Crippen molar-refractivity contribution in [2.75, 3.05) is 0 Å². The van der Waals surface area contributed by atoms with Gasteiger partial charge in [0.25, 0.3) is 0 Å². The Morgan fingerprint density at radius 1 is 1.07 bits per heavy atom. The highest BCUT2D eigenvalue weighted by molar-refractivity contribution is 6.40. The van der Waals surface area contributed by atoms with E-state index in [4.69, 9.17) is 5.11 Å². The van der Waals surface area contributed by atoms with E-state index in [0.717, 1.165) is 0 Å². The van der Waals surface area contributed by atoms with Gasteiger partial charge in [-0.15, -0.1) is 0 Å². The molecule has 0 aliphatic heterocycles. The van der Waals surface area contributed by atoms with Crippen LogP contribution in [0.15, 0.2) is 35.9 Å². The van der Waals surface area contributed by atoms with Crippen LogP contribution in [0.3, 0.4) is 0 Å². The summed E-state index contributed by atoms with van der Waals surface area (Å²) in [5.74, 6) is -2.32. The third-order valence-corrected chi connectivity index (χ3v) is 2.17. The van der Waals surface area contributed by atoms with Gasteiger partial charge in [-0.1, -0.05) is 24.3 Å². The van der Waals surface area contributed by atoms with Crippen LogP contribution >= 0.6 is 0 Å². The fraction of sp³-hybridized carbons (Fsp3) is 0. The van der Waals surface area contributed by atoms with E-state index in [1.54, 1.807) is 12.1 Å². The Bertz CT molecular complexity index is 474. The van der Waals surface area contributed by atoms with Crippen LogP contribution in [0.1, 0.15) is 20.7 Å². The molecule has 0 spiro atoms. The van der Waals surface area contributed by atoms with Crippen molar-refractivity contribution in [1.29, 1.82) is 0 Å². The number of Topliss-reactive ketones (excluding diaryl/α,β-unsaturated/α-hetero) is 2. The molecule has 2 rings (SSSR count). The number of carbonyl (C=O) groups is 3. The lowest BCUT2D eigenvalue weighted by Crippen LogP contribution is -2.04. The number of allylic oxidation sites excluding steroid dienone is 1. The van der Waals surface area contributed by atoms with Crippen LogP contribution in [-0.2, 0) is 4.79 Å². The van der Waals surface area contributed by atoms with E-state index < -0.39 is 17.5 Å². The molecule has 0 saturated carbocycles. The number of ketones is 2. The van der Waals surface area contributed by atoms with Gasteiger partial charge in [-0.25, -0.2) is 4.79 Å². The second-order valence-corrected chi connectivity index (χ2v) is 3.10. The van der Waals surface area contributed by atoms with Gasteiger partial charge in [0, 0.05) is 17.2 Å². The molecule has 0 aromatic heterocycles. The molecule has 0 bridgehead atoms. The molecule has 0 unspecified atom stereocenters. The summed E-state index contributed by atoms with van der Waals surface area (Å²) >= 11 is 0. The zero-order valence-corrected chi connectivity index (χ0v) is 7.56. The quantitative estimate of drug-likeness (QED) is 0.546. The lowest BCUT2D eigenvalue weighted by Gasteiger charge is -1.90. The maximum absolute atomic E-state index is 11.6. The first-order valence-electron chi connectivity index (χ1n) is 4.24. The Labute approximate surface area is 84.8 Å². The molecule has 1 aromatic rings. The van der Waals surface area contributed by atoms with E-state index in [9.17, 15) is 14.4 Å². The van der Waals surface area contributed by atoms with Crippen LogP contribution in [0, 0.1) is 0 Å². The first kappa shape index (κ1) is 9.33. The monoisotopic (exact) mass is 202 g/mol. The van der Waals surface area contributed by atoms with Crippen molar-refractivity contribution < 1.29 is 19.5 Å². The minimum Gasteiger partial charge on any atom is -0.478 e. The highest BCUT2D eigenvalue weighted by atomic mass is 16.4. The number of hydrogen-bond donors (Lipinski definition) is 1. The molecule has 0 radical (unpaired) electrons. The Morgan fingerprint density at radius 2 is 1.53 bits per heavy atom. The normalized spacial score (nSPS) is 14.0. The van der Waals surface area contributed by atoms with Gasteiger partial charge in [0.2, 0.25) is 0 Å². The molecule has 4 heteroatoms. The molecule has 4 nitrogen and oxygen atoms in total. The fourth-order valence-electron chi connectivity index (χ4n) is 1.53. The van der Waals surface area contributed by atoms with Gasteiger partial charge in [-0.2, -0.15) is 0 Å². The summed E-state index contributed by atoms with van der Waals surface area (Å²) in [4.78, 5) is 33.6. The summed E-state index contributed by atoms with van der Waals surface area (Å²) in [6.45, 7) is 0. The number of aliphatic carboxylic acids is 1. The van der Waals surface area contributed by atoms with E-state index in [0.29, 0.717) is 6.08 Å². The van der Waals surface area contributed by atoms with Gasteiger partial charge in [0.05, 0.1) is 5.57 Å². The molecule has 0 saturated heterocycles. The van der Waals surface area contributed by atoms with Crippen LogP contribution in [0.4, 0.5) is 0 Å². The molecule has 1 aliphatic carbocycles. The smallest absolute Gasteiger partial charge is 0.329 e. The highest BCUT2D eigenvalue weighted by Gasteiger charge is 2.32. The van der Waals surface area contributed by atoms with Crippen molar-refractivity contribution in [3.8, 4) is 0 Å². The molecule has 0 heterocycles. The SMILES string of the molecule is O=C(O)C=C1C(=O)c2ccccc2C1=O. The second-order valence-electron chi connectivity index (χ2n) is 3.10. The van der Waals surface area contributed by atoms with Crippen LogP contribution in [0.5, 0.6) is 0 Å². The standard InChI is InChI=1S/C11H6O4/c12-9(13)5-8-10(14)6-3-1-2-4-7(6)11(8)15/h1-5H,(H,12,13). The van der Waals surface area contributed by atoms with Crippen molar-refractivity contribution in [2.24, 2.45) is 0 Å². The predicted octanol–water partition coefficient (Wildman–Crippen LogP) is 1.08. The molecule has 15 heavy (non-hydrogen) atoms. The zero-order valence-electron chi connectivity index (χ0n) is 7.56. The largest absolute Gasteiger partial charge is 0.478 e. The summed E-state index contributed by atoms with van der Waals surface area (Å²) in [5, 5.41) is 8.51. The number of carboxylic acid groups (broad SMARTS) is 1. The van der Waals surface area contributed by atoms with E-state index in [-0.39, 0.29) is 16.7 Å². The van der Waals surface area contributed by atoms with E-state index in [2.05, 4.69) is 0 Å². The minimum absolute atomic E-state index is 0.273. The highest BCUT2D eigenvalue weighted by Crippen LogP contribution is 2.25. The summed E-state index contributed by atoms with van der Waals surface area (Å²) in [6, 6.07) is 6.29. The Balaban J connectivity index is 2.60. The average Bonchev–Trinajstić information content (AvgIpc) is 2.44. The number of rotatable bonds is 1. The van der Waals surface area contributed by atoms with Crippen molar-refractivity contribution in [3.63, 3.8) is 0 Å². The zero-order chi connectivity index (χ0) is 11.0. The van der Waals surface area contributed by atoms with Crippen molar-refractivity contribution in [2.45, 2.75) is 0 Å². The van der Waals surface area contributed by atoms with Crippen LogP contribution in [-0.4, -0.2) is 22.6 Å². The Kier molecular flexibility index (Phi) is 1.97. The number of fused-ring (bicyclic) bond motifs is 1.